The summed E-state index contributed by atoms with van der Waals surface area (Å²) in [5.41, 5.74) is 0.112. The third kappa shape index (κ3) is 4.12. The van der Waals surface area contributed by atoms with Gasteiger partial charge in [-0.1, -0.05) is 18.2 Å². The number of aryl methyl sites for hydroxylation is 2. The summed E-state index contributed by atoms with van der Waals surface area (Å²) >= 11 is 1.25. The number of benzene rings is 2. The van der Waals surface area contributed by atoms with E-state index in [1.54, 1.807) is 50.4 Å². The minimum Gasteiger partial charge on any atom is -0.503 e. The van der Waals surface area contributed by atoms with E-state index in [9.17, 15) is 14.7 Å². The molecule has 0 fully saturated rings. The van der Waals surface area contributed by atoms with Crippen molar-refractivity contribution in [2.45, 2.75) is 25.9 Å². The minimum absolute atomic E-state index is 0.0491. The minimum atomic E-state index is -1.63. The van der Waals surface area contributed by atoms with Gasteiger partial charge in [0.2, 0.25) is 5.78 Å². The zero-order valence-corrected chi connectivity index (χ0v) is 20.9. The van der Waals surface area contributed by atoms with E-state index in [2.05, 4.69) is 4.98 Å². The van der Waals surface area contributed by atoms with Crippen LogP contribution in [0.2, 0.25) is 0 Å². The lowest BCUT2D eigenvalue weighted by Crippen LogP contribution is -2.49. The number of hydrogen-bond acceptors (Lipinski definition) is 8. The summed E-state index contributed by atoms with van der Waals surface area (Å²) < 4.78 is 16.2. The Balaban J connectivity index is 1.95. The molecule has 1 aromatic heterocycles. The molecule has 2 heterocycles. The van der Waals surface area contributed by atoms with Crippen molar-refractivity contribution >= 4 is 23.0 Å². The molecule has 1 amide bonds. The van der Waals surface area contributed by atoms with E-state index in [-0.39, 0.29) is 12.3 Å². The van der Waals surface area contributed by atoms with Crippen molar-refractivity contribution in [3.63, 3.8) is 0 Å². The smallest absolute Gasteiger partial charge is 0.290 e. The van der Waals surface area contributed by atoms with E-state index in [1.807, 2.05) is 13.0 Å². The number of carbonyl (C=O) groups is 2. The molecule has 35 heavy (non-hydrogen) atoms. The zero-order chi connectivity index (χ0) is 25.3. The number of nitrogens with zero attached hydrogens (tertiary/aromatic N) is 2. The van der Waals surface area contributed by atoms with Gasteiger partial charge in [-0.3, -0.25) is 9.59 Å². The first-order valence-corrected chi connectivity index (χ1v) is 11.6. The molecule has 0 saturated carbocycles. The second-order valence-electron chi connectivity index (χ2n) is 8.09. The molecule has 182 valence electrons. The first kappa shape index (κ1) is 24.3. The fourth-order valence-electron chi connectivity index (χ4n) is 4.33. The largest absolute Gasteiger partial charge is 0.503 e. The number of ether oxygens (including phenoxy) is 3. The number of thiazole rings is 1. The lowest BCUT2D eigenvalue weighted by molar-refractivity contribution is -0.131. The predicted molar refractivity (Wildman–Crippen MR) is 131 cm³/mol. The summed E-state index contributed by atoms with van der Waals surface area (Å²) in [5.74, 6) is -0.0512. The summed E-state index contributed by atoms with van der Waals surface area (Å²) in [7, 11) is 4.57. The third-order valence-corrected chi connectivity index (χ3v) is 7.06. The van der Waals surface area contributed by atoms with E-state index in [0.717, 1.165) is 10.6 Å². The molecule has 0 bridgehead atoms. The quantitative estimate of drug-likeness (QED) is 0.465. The molecular weight excluding hydrogens is 468 g/mol. The monoisotopic (exact) mass is 494 g/mol. The Morgan fingerprint density at radius 2 is 1.80 bits per heavy atom. The van der Waals surface area contributed by atoms with Gasteiger partial charge >= 0.3 is 0 Å². The third-order valence-electron chi connectivity index (χ3n) is 5.99. The fourth-order valence-corrected chi connectivity index (χ4v) is 5.25. The summed E-state index contributed by atoms with van der Waals surface area (Å²) in [6, 6.07) is 12.2. The number of aromatic nitrogens is 1. The van der Waals surface area contributed by atoms with Gasteiger partial charge in [0.25, 0.3) is 5.91 Å². The number of ketones is 1. The highest BCUT2D eigenvalue weighted by molar-refractivity contribution is 7.13. The number of amides is 1. The Labute approximate surface area is 207 Å². The number of aliphatic hydroxyl groups excluding tert-OH is 1. The maximum atomic E-state index is 14.3. The van der Waals surface area contributed by atoms with Crippen LogP contribution in [0.5, 0.6) is 17.2 Å². The summed E-state index contributed by atoms with van der Waals surface area (Å²) in [6.07, 6.45) is 1.31. The lowest BCUT2D eigenvalue weighted by Gasteiger charge is -2.37. The van der Waals surface area contributed by atoms with Crippen LogP contribution in [0.4, 0.5) is 0 Å². The van der Waals surface area contributed by atoms with E-state index in [1.165, 1.54) is 36.5 Å². The summed E-state index contributed by atoms with van der Waals surface area (Å²) in [4.78, 5) is 33.8. The average Bonchev–Trinajstić information content (AvgIpc) is 3.33. The van der Waals surface area contributed by atoms with Gasteiger partial charge in [-0.25, -0.2) is 4.98 Å². The first-order chi connectivity index (χ1) is 16.7. The first-order valence-electron chi connectivity index (χ1n) is 10.8. The van der Waals surface area contributed by atoms with Crippen LogP contribution in [0.3, 0.4) is 0 Å². The molecule has 8 nitrogen and oxygen atoms in total. The molecule has 0 saturated heterocycles. The van der Waals surface area contributed by atoms with Crippen molar-refractivity contribution < 1.29 is 28.9 Å². The highest BCUT2D eigenvalue weighted by atomic mass is 32.1. The Kier molecular flexibility index (Phi) is 6.53. The molecule has 3 aromatic rings. The van der Waals surface area contributed by atoms with Crippen LogP contribution in [0, 0.1) is 13.8 Å². The highest BCUT2D eigenvalue weighted by Crippen LogP contribution is 2.45. The average molecular weight is 495 g/mol. The molecule has 1 aliphatic rings. The maximum absolute atomic E-state index is 14.3. The van der Waals surface area contributed by atoms with Gasteiger partial charge < -0.3 is 24.2 Å². The zero-order valence-electron chi connectivity index (χ0n) is 20.1. The number of rotatable bonds is 8. The molecule has 0 aliphatic carbocycles. The van der Waals surface area contributed by atoms with Crippen LogP contribution >= 0.6 is 11.3 Å². The van der Waals surface area contributed by atoms with Crippen molar-refractivity contribution in [2.75, 3.05) is 21.3 Å². The van der Waals surface area contributed by atoms with Crippen molar-refractivity contribution in [3.05, 3.63) is 81.0 Å². The van der Waals surface area contributed by atoms with Gasteiger partial charge in [-0.05, 0) is 49.2 Å². The van der Waals surface area contributed by atoms with E-state index < -0.39 is 17.2 Å². The van der Waals surface area contributed by atoms with E-state index in [0.29, 0.717) is 33.4 Å². The number of carbonyl (C=O) groups excluding carboxylic acids is 2. The molecule has 1 N–H and O–H groups in total. The normalized spacial score (nSPS) is 17.3. The standard InChI is InChI=1S/C26H26N2O6S/c1-15-23(35-16(2)27-15)24(30)26(18-9-10-21(33-4)22(12-18)34-5)13-20(29)25(31)28(26)14-17-7-6-8-19(11-17)32-3/h6-13,29H,14H2,1-5H3. The molecule has 9 heteroatoms. The highest BCUT2D eigenvalue weighted by Gasteiger charge is 2.53. The lowest BCUT2D eigenvalue weighted by atomic mass is 9.83. The van der Waals surface area contributed by atoms with Crippen LogP contribution in [0.25, 0.3) is 0 Å². The Morgan fingerprint density at radius 3 is 2.43 bits per heavy atom. The van der Waals surface area contributed by atoms with E-state index >= 15 is 0 Å². The molecule has 4 rings (SSSR count). The molecule has 1 atom stereocenters. The Hall–Kier alpha value is -3.85. The second-order valence-corrected chi connectivity index (χ2v) is 9.29. The number of Topliss-reactive ketones (excluding diaryl/α,β-unsaturated/α-hetero) is 1. The number of methoxy groups -OCH3 is 3. The van der Waals surface area contributed by atoms with Gasteiger partial charge in [0.15, 0.2) is 22.8 Å². The van der Waals surface area contributed by atoms with Crippen LogP contribution in [0.1, 0.15) is 31.5 Å². The van der Waals surface area contributed by atoms with Crippen LogP contribution in [-0.4, -0.2) is 48.0 Å². The topological polar surface area (TPSA) is 98.2 Å². The van der Waals surface area contributed by atoms with E-state index in [4.69, 9.17) is 14.2 Å². The number of hydrogen-bond donors (Lipinski definition) is 1. The number of aliphatic hydroxyl groups is 1. The fraction of sp³-hybridized carbons (Fsp3) is 0.269. The predicted octanol–water partition coefficient (Wildman–Crippen LogP) is 4.35. The molecule has 1 aliphatic heterocycles. The summed E-state index contributed by atoms with van der Waals surface area (Å²) in [6.45, 7) is 3.62. The van der Waals surface area contributed by atoms with Crippen LogP contribution < -0.4 is 14.2 Å². The summed E-state index contributed by atoms with van der Waals surface area (Å²) in [5, 5.41) is 11.4. The SMILES string of the molecule is COc1cccc(CN2C(=O)C(O)=CC2(C(=O)c2sc(C)nc2C)c2ccc(OC)c(OC)c2)c1. The van der Waals surface area contributed by atoms with Crippen molar-refractivity contribution in [3.8, 4) is 17.2 Å². The molecule has 1 unspecified atom stereocenters. The molecule has 0 radical (unpaired) electrons. The van der Waals surface area contributed by atoms with Crippen LogP contribution in [-0.2, 0) is 16.9 Å². The van der Waals surface area contributed by atoms with Gasteiger partial charge in [0, 0.05) is 12.6 Å². The Bertz CT molecular complexity index is 1330. The van der Waals surface area contributed by atoms with Gasteiger partial charge in [0.1, 0.15) is 5.75 Å². The van der Waals surface area contributed by atoms with Gasteiger partial charge in [-0.2, -0.15) is 0 Å². The van der Waals surface area contributed by atoms with Crippen molar-refractivity contribution in [1.82, 2.24) is 9.88 Å². The second kappa shape index (κ2) is 9.42. The van der Waals surface area contributed by atoms with Gasteiger partial charge in [0.05, 0.1) is 36.9 Å². The van der Waals surface area contributed by atoms with Crippen LogP contribution in [0.15, 0.2) is 54.3 Å². The molecular formula is C26H26N2O6S. The van der Waals surface area contributed by atoms with Crippen molar-refractivity contribution in [2.24, 2.45) is 0 Å². The van der Waals surface area contributed by atoms with Gasteiger partial charge in [-0.15, -0.1) is 11.3 Å². The molecule has 0 spiro atoms. The van der Waals surface area contributed by atoms with Crippen molar-refractivity contribution in [1.29, 1.82) is 0 Å². The maximum Gasteiger partial charge on any atom is 0.290 e. The Morgan fingerprint density at radius 1 is 1.06 bits per heavy atom. The molecule has 2 aromatic carbocycles.